The van der Waals surface area contributed by atoms with E-state index in [0.29, 0.717) is 0 Å². The van der Waals surface area contributed by atoms with Crippen LogP contribution in [0.4, 0.5) is 43.9 Å². The molecule has 0 aliphatic heterocycles. The first kappa shape index (κ1) is 43.9. The van der Waals surface area contributed by atoms with Crippen molar-refractivity contribution in [1.29, 1.82) is 0 Å². The predicted octanol–water partition coefficient (Wildman–Crippen LogP) is 4.13. The van der Waals surface area contributed by atoms with E-state index < -0.39 is 114 Å². The Bertz CT molecular complexity index is 1040. The molecule has 0 aromatic rings. The molecule has 2 atom stereocenters. The first-order chi connectivity index (χ1) is 19.7. The summed E-state index contributed by atoms with van der Waals surface area (Å²) < 4.78 is 216. The van der Waals surface area contributed by atoms with E-state index in [9.17, 15) is 60.7 Å². The Morgan fingerprint density at radius 3 is 0.911 bits per heavy atom. The molecule has 0 spiro atoms. The normalized spacial score (nSPS) is 17.2. The summed E-state index contributed by atoms with van der Waals surface area (Å²) in [6, 6.07) is 0. The number of halogens is 10. The van der Waals surface area contributed by atoms with Gasteiger partial charge in [0, 0.05) is 16.2 Å². The minimum Gasteiger partial charge on any atom is -0.380 e. The van der Waals surface area contributed by atoms with E-state index in [-0.39, 0.29) is 13.2 Å². The van der Waals surface area contributed by atoms with Gasteiger partial charge in [-0.2, -0.15) is 60.7 Å². The molecule has 0 bridgehead atoms. The molecule has 24 heteroatoms. The zero-order valence-electron chi connectivity index (χ0n) is 24.1. The molecule has 0 aromatic heterocycles. The fraction of sp³-hybridized carbons (Fsp3) is 1.00. The lowest BCUT2D eigenvalue weighted by Crippen LogP contribution is -2.43. The van der Waals surface area contributed by atoms with Crippen LogP contribution in [0.3, 0.4) is 0 Å². The third-order valence-corrected chi connectivity index (χ3v) is 6.13. The number of hydrogen-bond donors (Lipinski definition) is 2. The Morgan fingerprint density at radius 2 is 0.689 bits per heavy atom. The van der Waals surface area contributed by atoms with Gasteiger partial charge in [0.2, 0.25) is 0 Å². The van der Waals surface area contributed by atoms with Gasteiger partial charge in [-0.05, 0) is 0 Å². The third kappa shape index (κ3) is 18.1. The Morgan fingerprint density at radius 1 is 0.444 bits per heavy atom. The Kier molecular flexibility index (Phi) is 15.5. The molecule has 272 valence electrons. The van der Waals surface area contributed by atoms with Crippen LogP contribution in [0.5, 0.6) is 0 Å². The molecule has 0 rings (SSSR count). The van der Waals surface area contributed by atoms with E-state index in [2.05, 4.69) is 17.8 Å². The van der Waals surface area contributed by atoms with E-state index in [4.69, 9.17) is 18.6 Å². The largest absolute Gasteiger partial charge is 0.455 e. The van der Waals surface area contributed by atoms with Gasteiger partial charge in [0.05, 0.1) is 52.9 Å². The molecular formula is C21H34F10O12S2. The van der Waals surface area contributed by atoms with Crippen LogP contribution in [0.2, 0.25) is 0 Å². The van der Waals surface area contributed by atoms with Crippen molar-refractivity contribution in [2.75, 3.05) is 66.1 Å². The molecule has 0 radical (unpaired) electrons. The van der Waals surface area contributed by atoms with Crippen molar-refractivity contribution in [3.05, 3.63) is 0 Å². The molecule has 0 aliphatic carbocycles. The molecule has 45 heavy (non-hydrogen) atoms. The molecule has 0 aromatic carbocycles. The lowest BCUT2D eigenvalue weighted by molar-refractivity contribution is -0.298. The van der Waals surface area contributed by atoms with Gasteiger partial charge >= 0.3 is 45.0 Å². The summed E-state index contributed by atoms with van der Waals surface area (Å²) in [5.41, 5.74) is -4.49. The standard InChI is InChI=1S/C21H34F10O12S2/c1-15(2,5-38-7-16(3,11-42-44(32,33)34)9-40-13-18(22,23)20(26,27)28)6-39-8-17(4,12-43-45(35,36)37)10-41-14-19(24,25)21(29,30)31/h5-14H2,1-4H3,(H,32,33,34)(H,35,36,37). The first-order valence-corrected chi connectivity index (χ1v) is 14.9. The first-order valence-electron chi connectivity index (χ1n) is 12.2. The third-order valence-electron chi connectivity index (χ3n) is 5.30. The number of ether oxygens (including phenoxy) is 4. The Labute approximate surface area is 252 Å². The van der Waals surface area contributed by atoms with Crippen LogP contribution in [0.1, 0.15) is 27.7 Å². The molecule has 2 unspecified atom stereocenters. The fourth-order valence-corrected chi connectivity index (χ4v) is 3.75. The van der Waals surface area contributed by atoms with E-state index in [1.54, 1.807) is 0 Å². The zero-order chi connectivity index (χ0) is 35.8. The van der Waals surface area contributed by atoms with Crippen molar-refractivity contribution in [2.24, 2.45) is 16.2 Å². The molecule has 0 saturated carbocycles. The summed E-state index contributed by atoms with van der Waals surface area (Å²) in [4.78, 5) is 0. The number of alkyl halides is 10. The lowest BCUT2D eigenvalue weighted by Gasteiger charge is -2.33. The smallest absolute Gasteiger partial charge is 0.380 e. The van der Waals surface area contributed by atoms with E-state index in [1.807, 2.05) is 0 Å². The molecule has 0 fully saturated rings. The summed E-state index contributed by atoms with van der Waals surface area (Å²) in [6.45, 7) is -4.85. The average molecular weight is 733 g/mol. The van der Waals surface area contributed by atoms with Crippen LogP contribution in [0.25, 0.3) is 0 Å². The second-order valence-electron chi connectivity index (χ2n) is 11.5. The summed E-state index contributed by atoms with van der Waals surface area (Å²) in [5, 5.41) is 0. The Balaban J connectivity index is 5.31. The van der Waals surface area contributed by atoms with Gasteiger partial charge in [-0.25, -0.2) is 8.37 Å². The highest BCUT2D eigenvalue weighted by atomic mass is 32.3. The molecule has 0 saturated heterocycles. The molecule has 0 heterocycles. The van der Waals surface area contributed by atoms with Crippen LogP contribution in [-0.2, 0) is 48.1 Å². The van der Waals surface area contributed by atoms with E-state index in [1.165, 1.54) is 13.8 Å². The molecule has 12 nitrogen and oxygen atoms in total. The highest BCUT2D eigenvalue weighted by Crippen LogP contribution is 2.37. The maximum absolute atomic E-state index is 13.2. The molecule has 2 N–H and O–H groups in total. The van der Waals surface area contributed by atoms with Crippen molar-refractivity contribution in [3.63, 3.8) is 0 Å². The van der Waals surface area contributed by atoms with Gasteiger partial charge in [-0.15, -0.1) is 0 Å². The van der Waals surface area contributed by atoms with Crippen molar-refractivity contribution in [3.8, 4) is 0 Å². The number of rotatable bonds is 22. The van der Waals surface area contributed by atoms with E-state index in [0.717, 1.165) is 13.8 Å². The monoisotopic (exact) mass is 732 g/mol. The van der Waals surface area contributed by atoms with Gasteiger partial charge in [0.15, 0.2) is 0 Å². The minimum absolute atomic E-state index is 0.320. The second-order valence-corrected chi connectivity index (χ2v) is 13.7. The zero-order valence-corrected chi connectivity index (χ0v) is 25.8. The van der Waals surface area contributed by atoms with Gasteiger partial charge < -0.3 is 18.9 Å². The van der Waals surface area contributed by atoms with Crippen molar-refractivity contribution in [1.82, 2.24) is 0 Å². The summed E-state index contributed by atoms with van der Waals surface area (Å²) >= 11 is 0. The van der Waals surface area contributed by atoms with Gasteiger partial charge in [0.1, 0.15) is 13.2 Å². The highest BCUT2D eigenvalue weighted by molar-refractivity contribution is 7.81. The SMILES string of the molecule is CC(C)(COCC(C)(COCC(F)(F)C(F)(F)F)COS(=O)(=O)O)COCC(C)(COCC(F)(F)C(F)(F)F)COS(=O)(=O)O. The van der Waals surface area contributed by atoms with Crippen LogP contribution >= 0.6 is 0 Å². The summed E-state index contributed by atoms with van der Waals surface area (Å²) in [6.07, 6.45) is -11.9. The molecule has 0 amide bonds. The topological polar surface area (TPSA) is 164 Å². The van der Waals surface area contributed by atoms with Gasteiger partial charge in [-0.3, -0.25) is 9.11 Å². The van der Waals surface area contributed by atoms with Crippen LogP contribution in [-0.4, -0.2) is 116 Å². The summed E-state index contributed by atoms with van der Waals surface area (Å²) in [7, 11) is -10.2. The highest BCUT2D eigenvalue weighted by Gasteiger charge is 2.58. The minimum atomic E-state index is -5.94. The van der Waals surface area contributed by atoms with Crippen molar-refractivity contribution < 1.29 is 97.2 Å². The second kappa shape index (κ2) is 15.9. The quantitative estimate of drug-likeness (QED) is 0.121. The average Bonchev–Trinajstić information content (AvgIpc) is 2.79. The Hall–Kier alpha value is -1.12. The maximum atomic E-state index is 13.2. The predicted molar refractivity (Wildman–Crippen MR) is 130 cm³/mol. The lowest BCUT2D eigenvalue weighted by atomic mass is 9.92. The number of hydrogen-bond acceptors (Lipinski definition) is 10. The van der Waals surface area contributed by atoms with Gasteiger partial charge in [0.25, 0.3) is 0 Å². The van der Waals surface area contributed by atoms with Crippen molar-refractivity contribution in [2.45, 2.75) is 51.9 Å². The fourth-order valence-electron chi connectivity index (χ4n) is 2.89. The molecule has 0 aliphatic rings. The maximum Gasteiger partial charge on any atom is 0.455 e. The van der Waals surface area contributed by atoms with Gasteiger partial charge in [-0.1, -0.05) is 27.7 Å². The summed E-state index contributed by atoms with van der Waals surface area (Å²) in [5.74, 6) is -10.5. The molecular weight excluding hydrogens is 698 g/mol. The van der Waals surface area contributed by atoms with Crippen LogP contribution in [0.15, 0.2) is 0 Å². The van der Waals surface area contributed by atoms with E-state index >= 15 is 0 Å². The van der Waals surface area contributed by atoms with Crippen molar-refractivity contribution >= 4 is 20.8 Å². The van der Waals surface area contributed by atoms with Crippen LogP contribution in [0, 0.1) is 16.2 Å². The van der Waals surface area contributed by atoms with Crippen LogP contribution < -0.4 is 0 Å².